The Morgan fingerprint density at radius 2 is 2.31 bits per heavy atom. The summed E-state index contributed by atoms with van der Waals surface area (Å²) in [4.78, 5) is 11.1. The van der Waals surface area contributed by atoms with Crippen molar-refractivity contribution in [2.75, 3.05) is 7.11 Å². The van der Waals surface area contributed by atoms with Crippen LogP contribution in [0, 0.1) is 5.92 Å². The number of aryl methyl sites for hydroxylation is 1. The zero-order valence-corrected chi connectivity index (χ0v) is 9.56. The van der Waals surface area contributed by atoms with Crippen molar-refractivity contribution in [2.45, 2.75) is 25.7 Å². The molecule has 1 aromatic rings. The number of benzene rings is 1. The first-order valence-electron chi connectivity index (χ1n) is 5.53. The fourth-order valence-corrected chi connectivity index (χ4v) is 2.53. The Morgan fingerprint density at radius 1 is 1.56 bits per heavy atom. The van der Waals surface area contributed by atoms with Crippen LogP contribution in [0.4, 0.5) is 0 Å². The molecule has 1 aliphatic rings. The predicted octanol–water partition coefficient (Wildman–Crippen LogP) is 2.45. The van der Waals surface area contributed by atoms with Crippen molar-refractivity contribution in [1.82, 2.24) is 0 Å². The van der Waals surface area contributed by atoms with Gasteiger partial charge in [-0.15, -0.1) is 0 Å². The van der Waals surface area contributed by atoms with Crippen molar-refractivity contribution in [3.8, 4) is 5.75 Å². The summed E-state index contributed by atoms with van der Waals surface area (Å²) in [5.74, 6) is -0.168. The van der Waals surface area contributed by atoms with Crippen LogP contribution in [0.5, 0.6) is 5.75 Å². The Bertz CT molecular complexity index is 412. The SMILES string of the molecule is COc1cccc2c1C(C(C)C(=O)O)CC2. The summed E-state index contributed by atoms with van der Waals surface area (Å²) in [7, 11) is 1.64. The monoisotopic (exact) mass is 220 g/mol. The third kappa shape index (κ3) is 1.66. The Balaban J connectivity index is 2.41. The number of hydrogen-bond acceptors (Lipinski definition) is 2. The fraction of sp³-hybridized carbons (Fsp3) is 0.462. The highest BCUT2D eigenvalue weighted by molar-refractivity contribution is 5.71. The van der Waals surface area contributed by atoms with Gasteiger partial charge in [0.15, 0.2) is 0 Å². The number of aliphatic carboxylic acids is 1. The Kier molecular flexibility index (Phi) is 2.86. The van der Waals surface area contributed by atoms with Gasteiger partial charge in [-0.25, -0.2) is 0 Å². The third-order valence-electron chi connectivity index (χ3n) is 3.46. The molecule has 0 aromatic heterocycles. The number of carboxylic acid groups (broad SMARTS) is 1. The highest BCUT2D eigenvalue weighted by Gasteiger charge is 2.33. The lowest BCUT2D eigenvalue weighted by molar-refractivity contribution is -0.141. The minimum Gasteiger partial charge on any atom is -0.496 e. The molecule has 0 spiro atoms. The molecule has 0 amide bonds. The first-order chi connectivity index (χ1) is 7.65. The second kappa shape index (κ2) is 4.16. The number of hydrogen-bond donors (Lipinski definition) is 1. The van der Waals surface area contributed by atoms with Gasteiger partial charge in [0, 0.05) is 11.5 Å². The Hall–Kier alpha value is -1.51. The van der Waals surface area contributed by atoms with E-state index in [1.165, 1.54) is 5.56 Å². The van der Waals surface area contributed by atoms with Crippen LogP contribution in [0.1, 0.15) is 30.4 Å². The fourth-order valence-electron chi connectivity index (χ4n) is 2.53. The van der Waals surface area contributed by atoms with Gasteiger partial charge in [-0.3, -0.25) is 4.79 Å². The van der Waals surface area contributed by atoms with E-state index >= 15 is 0 Å². The van der Waals surface area contributed by atoms with Crippen LogP contribution < -0.4 is 4.74 Å². The molecule has 3 nitrogen and oxygen atoms in total. The van der Waals surface area contributed by atoms with Crippen molar-refractivity contribution >= 4 is 5.97 Å². The van der Waals surface area contributed by atoms with E-state index < -0.39 is 5.97 Å². The molecule has 0 aliphatic heterocycles. The van der Waals surface area contributed by atoms with Crippen molar-refractivity contribution < 1.29 is 14.6 Å². The quantitative estimate of drug-likeness (QED) is 0.851. The summed E-state index contributed by atoms with van der Waals surface area (Å²) in [5.41, 5.74) is 2.33. The van der Waals surface area contributed by atoms with Gasteiger partial charge in [-0.2, -0.15) is 0 Å². The van der Waals surface area contributed by atoms with Gasteiger partial charge in [0.1, 0.15) is 5.75 Å². The molecule has 16 heavy (non-hydrogen) atoms. The highest BCUT2D eigenvalue weighted by Crippen LogP contribution is 2.43. The first kappa shape index (κ1) is 11.0. The number of fused-ring (bicyclic) bond motifs is 1. The van der Waals surface area contributed by atoms with E-state index in [1.807, 2.05) is 12.1 Å². The molecule has 2 atom stereocenters. The second-order valence-electron chi connectivity index (χ2n) is 4.31. The smallest absolute Gasteiger partial charge is 0.306 e. The van der Waals surface area contributed by atoms with Gasteiger partial charge in [-0.1, -0.05) is 19.1 Å². The van der Waals surface area contributed by atoms with Crippen LogP contribution in [0.3, 0.4) is 0 Å². The predicted molar refractivity (Wildman–Crippen MR) is 60.9 cm³/mol. The molecule has 0 fully saturated rings. The molecule has 0 bridgehead atoms. The van der Waals surface area contributed by atoms with Crippen LogP contribution in [0.25, 0.3) is 0 Å². The maximum Gasteiger partial charge on any atom is 0.306 e. The second-order valence-corrected chi connectivity index (χ2v) is 4.31. The zero-order chi connectivity index (χ0) is 11.7. The molecule has 0 saturated carbocycles. The van der Waals surface area contributed by atoms with E-state index in [2.05, 4.69) is 6.07 Å². The molecule has 0 saturated heterocycles. The highest BCUT2D eigenvalue weighted by atomic mass is 16.5. The minimum absolute atomic E-state index is 0.0867. The molecule has 1 aliphatic carbocycles. The van der Waals surface area contributed by atoms with Gasteiger partial charge in [-0.05, 0) is 24.5 Å². The standard InChI is InChI=1S/C13H16O3/c1-8(13(14)15)10-7-6-9-4-3-5-11(16-2)12(9)10/h3-5,8,10H,6-7H2,1-2H3,(H,14,15). The Morgan fingerprint density at radius 3 is 2.94 bits per heavy atom. The summed E-state index contributed by atoms with van der Waals surface area (Å²) in [6, 6.07) is 5.93. The number of ether oxygens (including phenoxy) is 1. The molecule has 3 heteroatoms. The molecule has 2 unspecified atom stereocenters. The first-order valence-corrected chi connectivity index (χ1v) is 5.53. The van der Waals surface area contributed by atoms with Crippen molar-refractivity contribution in [2.24, 2.45) is 5.92 Å². The number of rotatable bonds is 3. The normalized spacial score (nSPS) is 20.2. The van der Waals surface area contributed by atoms with E-state index in [0.717, 1.165) is 24.2 Å². The van der Waals surface area contributed by atoms with Gasteiger partial charge in [0.2, 0.25) is 0 Å². The lowest BCUT2D eigenvalue weighted by atomic mass is 9.88. The van der Waals surface area contributed by atoms with Gasteiger partial charge in [0.25, 0.3) is 0 Å². The average Bonchev–Trinajstić information content (AvgIpc) is 2.71. The maximum atomic E-state index is 11.1. The summed E-state index contributed by atoms with van der Waals surface area (Å²) in [6.45, 7) is 1.77. The van der Waals surface area contributed by atoms with E-state index in [1.54, 1.807) is 14.0 Å². The van der Waals surface area contributed by atoms with E-state index in [0.29, 0.717) is 0 Å². The summed E-state index contributed by atoms with van der Waals surface area (Å²) >= 11 is 0. The average molecular weight is 220 g/mol. The molecule has 0 radical (unpaired) electrons. The van der Waals surface area contributed by atoms with Crippen molar-refractivity contribution in [3.63, 3.8) is 0 Å². The molecule has 86 valence electrons. The Labute approximate surface area is 95.0 Å². The lowest BCUT2D eigenvalue weighted by Crippen LogP contribution is -2.17. The van der Waals surface area contributed by atoms with Crippen molar-refractivity contribution in [1.29, 1.82) is 0 Å². The van der Waals surface area contributed by atoms with Crippen LogP contribution in [-0.2, 0) is 11.2 Å². The molecule has 0 heterocycles. The maximum absolute atomic E-state index is 11.1. The number of carbonyl (C=O) groups is 1. The molecule has 2 rings (SSSR count). The van der Waals surface area contributed by atoms with Gasteiger partial charge < -0.3 is 9.84 Å². The van der Waals surface area contributed by atoms with Crippen LogP contribution in [0.15, 0.2) is 18.2 Å². The summed E-state index contributed by atoms with van der Waals surface area (Å²) in [5, 5.41) is 9.09. The number of methoxy groups -OCH3 is 1. The third-order valence-corrected chi connectivity index (χ3v) is 3.46. The van der Waals surface area contributed by atoms with Gasteiger partial charge in [0.05, 0.1) is 13.0 Å². The molecule has 1 aromatic carbocycles. The number of carboxylic acids is 1. The minimum atomic E-state index is -0.733. The molecular weight excluding hydrogens is 204 g/mol. The largest absolute Gasteiger partial charge is 0.496 e. The van der Waals surface area contributed by atoms with E-state index in [4.69, 9.17) is 9.84 Å². The van der Waals surface area contributed by atoms with Crippen molar-refractivity contribution in [3.05, 3.63) is 29.3 Å². The molecular formula is C13H16O3. The van der Waals surface area contributed by atoms with E-state index in [-0.39, 0.29) is 11.8 Å². The van der Waals surface area contributed by atoms with Crippen LogP contribution >= 0.6 is 0 Å². The summed E-state index contributed by atoms with van der Waals surface area (Å²) < 4.78 is 5.32. The van der Waals surface area contributed by atoms with Gasteiger partial charge >= 0.3 is 5.97 Å². The topological polar surface area (TPSA) is 46.5 Å². The molecule has 1 N–H and O–H groups in total. The van der Waals surface area contributed by atoms with Crippen LogP contribution in [0.2, 0.25) is 0 Å². The lowest BCUT2D eigenvalue weighted by Gasteiger charge is -2.18. The van der Waals surface area contributed by atoms with E-state index in [9.17, 15) is 4.79 Å². The zero-order valence-electron chi connectivity index (χ0n) is 9.56. The van der Waals surface area contributed by atoms with Crippen LogP contribution in [-0.4, -0.2) is 18.2 Å². The summed E-state index contributed by atoms with van der Waals surface area (Å²) in [6.07, 6.45) is 1.86.